The molecule has 0 atom stereocenters. The predicted octanol–water partition coefficient (Wildman–Crippen LogP) is 4.40. The number of hydrogen-bond acceptors (Lipinski definition) is 5. The van der Waals surface area contributed by atoms with E-state index in [0.717, 1.165) is 12.0 Å². The molecule has 0 aliphatic rings. The van der Waals surface area contributed by atoms with Gasteiger partial charge in [0.15, 0.2) is 28.8 Å². The molecular formula is C21H24O5. The summed E-state index contributed by atoms with van der Waals surface area (Å²) in [4.78, 5) is 12.4. The monoisotopic (exact) mass is 356 g/mol. The molecule has 0 aromatic heterocycles. The summed E-state index contributed by atoms with van der Waals surface area (Å²) in [5, 5.41) is 0. The summed E-state index contributed by atoms with van der Waals surface area (Å²) < 4.78 is 21.4. The van der Waals surface area contributed by atoms with Gasteiger partial charge in [-0.15, -0.1) is 0 Å². The van der Waals surface area contributed by atoms with Gasteiger partial charge < -0.3 is 18.9 Å². The van der Waals surface area contributed by atoms with E-state index in [1.54, 1.807) is 38.5 Å². The first-order chi connectivity index (χ1) is 12.6. The van der Waals surface area contributed by atoms with Gasteiger partial charge in [0.25, 0.3) is 0 Å². The fraction of sp³-hybridized carbons (Fsp3) is 0.286. The Kier molecular flexibility index (Phi) is 7.09. The summed E-state index contributed by atoms with van der Waals surface area (Å²) in [6.07, 6.45) is 4.17. The van der Waals surface area contributed by atoms with Crippen molar-refractivity contribution in [2.24, 2.45) is 0 Å². The molecule has 0 aliphatic carbocycles. The molecule has 0 bridgehead atoms. The molecule has 0 aliphatic heterocycles. The minimum Gasteiger partial charge on any atom is -0.493 e. The standard InChI is InChI=1S/C21H24O5/c1-5-12-26-21-13-15(7-10-19(21)24-3)6-9-17(22)16-8-11-18(23-2)20(14-16)25-4/h6-11,13-14H,5,12H2,1-4H3. The second-order valence-electron chi connectivity index (χ2n) is 5.53. The number of carbonyl (C=O) groups excluding carboxylic acids is 1. The highest BCUT2D eigenvalue weighted by Crippen LogP contribution is 2.29. The molecule has 0 N–H and O–H groups in total. The molecule has 0 saturated heterocycles. The normalized spacial score (nSPS) is 10.6. The summed E-state index contributed by atoms with van der Waals surface area (Å²) in [5.41, 5.74) is 1.38. The average Bonchev–Trinajstić information content (AvgIpc) is 2.69. The highest BCUT2D eigenvalue weighted by Gasteiger charge is 2.09. The lowest BCUT2D eigenvalue weighted by atomic mass is 10.1. The lowest BCUT2D eigenvalue weighted by Crippen LogP contribution is -1.98. The number of ether oxygens (including phenoxy) is 4. The Morgan fingerprint density at radius 3 is 2.19 bits per heavy atom. The number of rotatable bonds is 9. The van der Waals surface area contributed by atoms with E-state index >= 15 is 0 Å². The lowest BCUT2D eigenvalue weighted by molar-refractivity contribution is 0.104. The van der Waals surface area contributed by atoms with E-state index in [2.05, 4.69) is 0 Å². The predicted molar refractivity (Wildman–Crippen MR) is 102 cm³/mol. The summed E-state index contributed by atoms with van der Waals surface area (Å²) in [5.74, 6) is 2.31. The van der Waals surface area contributed by atoms with Crippen LogP contribution in [0.15, 0.2) is 42.5 Å². The summed E-state index contributed by atoms with van der Waals surface area (Å²) in [6.45, 7) is 2.64. The molecule has 0 saturated carbocycles. The van der Waals surface area contributed by atoms with Crippen molar-refractivity contribution < 1.29 is 23.7 Å². The van der Waals surface area contributed by atoms with Crippen LogP contribution in [0.3, 0.4) is 0 Å². The summed E-state index contributed by atoms with van der Waals surface area (Å²) in [6, 6.07) is 10.6. The molecule has 26 heavy (non-hydrogen) atoms. The molecule has 2 aromatic carbocycles. The number of ketones is 1. The Hall–Kier alpha value is -2.95. The number of benzene rings is 2. The maximum atomic E-state index is 12.4. The van der Waals surface area contributed by atoms with E-state index < -0.39 is 0 Å². The zero-order valence-electron chi connectivity index (χ0n) is 15.6. The average molecular weight is 356 g/mol. The van der Waals surface area contributed by atoms with Crippen LogP contribution in [0.1, 0.15) is 29.3 Å². The van der Waals surface area contributed by atoms with E-state index in [1.165, 1.54) is 13.2 Å². The third kappa shape index (κ3) is 4.79. The highest BCUT2D eigenvalue weighted by molar-refractivity contribution is 6.07. The van der Waals surface area contributed by atoms with Gasteiger partial charge in [0, 0.05) is 5.56 Å². The molecule has 0 amide bonds. The van der Waals surface area contributed by atoms with E-state index in [0.29, 0.717) is 35.2 Å². The van der Waals surface area contributed by atoms with Gasteiger partial charge in [0.2, 0.25) is 0 Å². The van der Waals surface area contributed by atoms with Gasteiger partial charge in [0.05, 0.1) is 27.9 Å². The fourth-order valence-electron chi connectivity index (χ4n) is 2.38. The molecule has 5 heteroatoms. The van der Waals surface area contributed by atoms with Gasteiger partial charge in [-0.3, -0.25) is 4.79 Å². The van der Waals surface area contributed by atoms with Crippen molar-refractivity contribution in [3.8, 4) is 23.0 Å². The zero-order valence-corrected chi connectivity index (χ0v) is 15.6. The minimum absolute atomic E-state index is 0.127. The van der Waals surface area contributed by atoms with Crippen LogP contribution in [0.2, 0.25) is 0 Å². The van der Waals surface area contributed by atoms with Crippen LogP contribution in [0.25, 0.3) is 6.08 Å². The molecule has 0 spiro atoms. The van der Waals surface area contributed by atoms with Gasteiger partial charge in [-0.25, -0.2) is 0 Å². The van der Waals surface area contributed by atoms with Crippen LogP contribution >= 0.6 is 0 Å². The lowest BCUT2D eigenvalue weighted by Gasteiger charge is -2.10. The van der Waals surface area contributed by atoms with Crippen molar-refractivity contribution >= 4 is 11.9 Å². The first-order valence-corrected chi connectivity index (χ1v) is 8.38. The van der Waals surface area contributed by atoms with Crippen molar-refractivity contribution in [1.82, 2.24) is 0 Å². The molecule has 0 radical (unpaired) electrons. The second-order valence-corrected chi connectivity index (χ2v) is 5.53. The Bertz CT molecular complexity index is 780. The Balaban J connectivity index is 2.19. The van der Waals surface area contributed by atoms with Crippen molar-refractivity contribution in [1.29, 1.82) is 0 Å². The molecule has 0 fully saturated rings. The van der Waals surface area contributed by atoms with Gasteiger partial charge in [-0.05, 0) is 48.4 Å². The van der Waals surface area contributed by atoms with E-state index in [-0.39, 0.29) is 5.78 Å². The van der Waals surface area contributed by atoms with Crippen LogP contribution in [0, 0.1) is 0 Å². The van der Waals surface area contributed by atoms with Crippen molar-refractivity contribution in [2.75, 3.05) is 27.9 Å². The molecule has 0 heterocycles. The van der Waals surface area contributed by atoms with Crippen LogP contribution in [-0.2, 0) is 0 Å². The number of hydrogen-bond donors (Lipinski definition) is 0. The van der Waals surface area contributed by atoms with Gasteiger partial charge in [-0.1, -0.05) is 19.1 Å². The van der Waals surface area contributed by atoms with Gasteiger partial charge in [-0.2, -0.15) is 0 Å². The first kappa shape index (κ1) is 19.4. The molecule has 0 unspecified atom stereocenters. The number of carbonyl (C=O) groups is 1. The smallest absolute Gasteiger partial charge is 0.185 e. The summed E-state index contributed by atoms with van der Waals surface area (Å²) in [7, 11) is 4.70. The van der Waals surface area contributed by atoms with E-state index in [1.807, 2.05) is 25.1 Å². The molecular weight excluding hydrogens is 332 g/mol. The van der Waals surface area contributed by atoms with Crippen LogP contribution in [0.4, 0.5) is 0 Å². The first-order valence-electron chi connectivity index (χ1n) is 8.38. The molecule has 5 nitrogen and oxygen atoms in total. The van der Waals surface area contributed by atoms with Crippen molar-refractivity contribution in [2.45, 2.75) is 13.3 Å². The Morgan fingerprint density at radius 1 is 0.885 bits per heavy atom. The van der Waals surface area contributed by atoms with Crippen LogP contribution < -0.4 is 18.9 Å². The maximum Gasteiger partial charge on any atom is 0.185 e. The highest BCUT2D eigenvalue weighted by atomic mass is 16.5. The SMILES string of the molecule is CCCOc1cc(C=CC(=O)c2ccc(OC)c(OC)c2)ccc1OC. The van der Waals surface area contributed by atoms with Crippen LogP contribution in [0.5, 0.6) is 23.0 Å². The molecule has 2 aromatic rings. The second kappa shape index (κ2) is 9.51. The minimum atomic E-state index is -0.127. The fourth-order valence-corrected chi connectivity index (χ4v) is 2.38. The largest absolute Gasteiger partial charge is 0.493 e. The van der Waals surface area contributed by atoms with Gasteiger partial charge >= 0.3 is 0 Å². The Morgan fingerprint density at radius 2 is 1.54 bits per heavy atom. The van der Waals surface area contributed by atoms with E-state index in [4.69, 9.17) is 18.9 Å². The molecule has 2 rings (SSSR count). The zero-order chi connectivity index (χ0) is 18.9. The third-order valence-electron chi connectivity index (χ3n) is 3.74. The topological polar surface area (TPSA) is 54.0 Å². The van der Waals surface area contributed by atoms with Gasteiger partial charge in [0.1, 0.15) is 0 Å². The van der Waals surface area contributed by atoms with Crippen molar-refractivity contribution in [3.05, 3.63) is 53.6 Å². The quantitative estimate of drug-likeness (QED) is 0.492. The number of allylic oxidation sites excluding steroid dienone is 1. The molecule has 138 valence electrons. The van der Waals surface area contributed by atoms with E-state index in [9.17, 15) is 4.79 Å². The summed E-state index contributed by atoms with van der Waals surface area (Å²) >= 11 is 0. The van der Waals surface area contributed by atoms with Crippen molar-refractivity contribution in [3.63, 3.8) is 0 Å². The third-order valence-corrected chi connectivity index (χ3v) is 3.74. The van der Waals surface area contributed by atoms with Crippen LogP contribution in [-0.4, -0.2) is 33.7 Å². The maximum absolute atomic E-state index is 12.4. The Labute approximate surface area is 154 Å². The number of methoxy groups -OCH3 is 3.